The van der Waals surface area contributed by atoms with Crippen molar-refractivity contribution in [2.24, 2.45) is 5.92 Å². The van der Waals surface area contributed by atoms with Crippen molar-refractivity contribution in [2.45, 2.75) is 26.2 Å². The standard InChI is InChI=1S/C9H15NO/c1-7(2)3-4-8-5-6-10-9(8)11/h8H,1,3-6H2,2H3,(H,10,11). The average molecular weight is 153 g/mol. The summed E-state index contributed by atoms with van der Waals surface area (Å²) < 4.78 is 0. The smallest absolute Gasteiger partial charge is 0.223 e. The van der Waals surface area contributed by atoms with Crippen LogP contribution in [0.4, 0.5) is 0 Å². The monoisotopic (exact) mass is 153 g/mol. The second-order valence-corrected chi connectivity index (χ2v) is 3.27. The highest BCUT2D eigenvalue weighted by atomic mass is 16.2. The molecule has 0 aliphatic carbocycles. The molecule has 1 atom stereocenters. The minimum atomic E-state index is 0.228. The first-order chi connectivity index (χ1) is 5.20. The maximum absolute atomic E-state index is 11.0. The molecule has 0 aromatic rings. The van der Waals surface area contributed by atoms with Gasteiger partial charge in [-0.2, -0.15) is 0 Å². The summed E-state index contributed by atoms with van der Waals surface area (Å²) in [6.07, 6.45) is 2.96. The molecule has 11 heavy (non-hydrogen) atoms. The highest BCUT2D eigenvalue weighted by Gasteiger charge is 2.22. The van der Waals surface area contributed by atoms with Gasteiger partial charge in [-0.3, -0.25) is 4.79 Å². The van der Waals surface area contributed by atoms with E-state index < -0.39 is 0 Å². The second kappa shape index (κ2) is 3.56. The van der Waals surface area contributed by atoms with Gasteiger partial charge in [0.2, 0.25) is 5.91 Å². The summed E-state index contributed by atoms with van der Waals surface area (Å²) in [4.78, 5) is 11.0. The Morgan fingerprint density at radius 2 is 2.55 bits per heavy atom. The van der Waals surface area contributed by atoms with E-state index in [1.54, 1.807) is 0 Å². The first-order valence-corrected chi connectivity index (χ1v) is 4.12. The van der Waals surface area contributed by atoms with Crippen LogP contribution in [0.25, 0.3) is 0 Å². The Kier molecular flexibility index (Phi) is 2.69. The van der Waals surface area contributed by atoms with E-state index in [0.717, 1.165) is 25.8 Å². The van der Waals surface area contributed by atoms with Crippen molar-refractivity contribution in [1.29, 1.82) is 0 Å². The maximum Gasteiger partial charge on any atom is 0.223 e. The SMILES string of the molecule is C=C(C)CCC1CCNC1=O. The summed E-state index contributed by atoms with van der Waals surface area (Å²) in [5.41, 5.74) is 1.17. The minimum absolute atomic E-state index is 0.228. The van der Waals surface area contributed by atoms with Crippen LogP contribution in [0.15, 0.2) is 12.2 Å². The molecule has 1 fully saturated rings. The fourth-order valence-electron chi connectivity index (χ4n) is 1.34. The third-order valence-corrected chi connectivity index (χ3v) is 2.08. The van der Waals surface area contributed by atoms with E-state index in [-0.39, 0.29) is 11.8 Å². The molecule has 62 valence electrons. The highest BCUT2D eigenvalue weighted by Crippen LogP contribution is 2.17. The predicted molar refractivity (Wildman–Crippen MR) is 45.2 cm³/mol. The fraction of sp³-hybridized carbons (Fsp3) is 0.667. The Bertz CT molecular complexity index is 174. The lowest BCUT2D eigenvalue weighted by atomic mass is 9.99. The van der Waals surface area contributed by atoms with Crippen LogP contribution in [0.1, 0.15) is 26.2 Å². The summed E-state index contributed by atoms with van der Waals surface area (Å²) in [5.74, 6) is 0.484. The Balaban J connectivity index is 2.26. The van der Waals surface area contributed by atoms with Crippen molar-refractivity contribution in [3.8, 4) is 0 Å². The van der Waals surface area contributed by atoms with E-state index in [4.69, 9.17) is 0 Å². The van der Waals surface area contributed by atoms with Gasteiger partial charge >= 0.3 is 0 Å². The van der Waals surface area contributed by atoms with Gasteiger partial charge < -0.3 is 5.32 Å². The van der Waals surface area contributed by atoms with Gasteiger partial charge in [-0.05, 0) is 26.2 Å². The second-order valence-electron chi connectivity index (χ2n) is 3.27. The minimum Gasteiger partial charge on any atom is -0.356 e. The van der Waals surface area contributed by atoms with Gasteiger partial charge in [-0.15, -0.1) is 6.58 Å². The number of allylic oxidation sites excluding steroid dienone is 1. The lowest BCUT2D eigenvalue weighted by Gasteiger charge is -2.04. The first kappa shape index (κ1) is 8.31. The number of amides is 1. The maximum atomic E-state index is 11.0. The van der Waals surface area contributed by atoms with E-state index in [9.17, 15) is 4.79 Å². The van der Waals surface area contributed by atoms with Crippen molar-refractivity contribution in [2.75, 3.05) is 6.54 Å². The molecular formula is C9H15NO. The topological polar surface area (TPSA) is 29.1 Å². The molecule has 0 bridgehead atoms. The summed E-state index contributed by atoms with van der Waals surface area (Å²) >= 11 is 0. The third-order valence-electron chi connectivity index (χ3n) is 2.08. The average Bonchev–Trinajstić information content (AvgIpc) is 2.31. The van der Waals surface area contributed by atoms with Gasteiger partial charge in [-0.25, -0.2) is 0 Å². The molecule has 1 N–H and O–H groups in total. The molecule has 1 aliphatic rings. The summed E-state index contributed by atoms with van der Waals surface area (Å²) in [6.45, 7) is 6.68. The zero-order valence-corrected chi connectivity index (χ0v) is 7.02. The number of hydrogen-bond acceptors (Lipinski definition) is 1. The quantitative estimate of drug-likeness (QED) is 0.611. The third kappa shape index (κ3) is 2.37. The molecule has 0 spiro atoms. The fourth-order valence-corrected chi connectivity index (χ4v) is 1.34. The molecule has 1 aliphatic heterocycles. The molecule has 1 heterocycles. The van der Waals surface area contributed by atoms with E-state index in [0.29, 0.717) is 0 Å². The lowest BCUT2D eigenvalue weighted by Crippen LogP contribution is -2.18. The zero-order chi connectivity index (χ0) is 8.27. The summed E-state index contributed by atoms with van der Waals surface area (Å²) in [7, 11) is 0. The summed E-state index contributed by atoms with van der Waals surface area (Å²) in [6, 6.07) is 0. The van der Waals surface area contributed by atoms with Gasteiger partial charge in [0.1, 0.15) is 0 Å². The molecule has 0 saturated carbocycles. The van der Waals surface area contributed by atoms with Gasteiger partial charge in [-0.1, -0.05) is 5.57 Å². The molecule has 1 unspecified atom stereocenters. The molecule has 2 heteroatoms. The van der Waals surface area contributed by atoms with Crippen molar-refractivity contribution >= 4 is 5.91 Å². The predicted octanol–water partition coefficient (Wildman–Crippen LogP) is 1.48. The molecule has 1 saturated heterocycles. The number of hydrogen-bond donors (Lipinski definition) is 1. The van der Waals surface area contributed by atoms with Crippen LogP contribution in [-0.4, -0.2) is 12.5 Å². The van der Waals surface area contributed by atoms with Crippen LogP contribution >= 0.6 is 0 Å². The first-order valence-electron chi connectivity index (χ1n) is 4.12. The van der Waals surface area contributed by atoms with Crippen molar-refractivity contribution < 1.29 is 4.79 Å². The van der Waals surface area contributed by atoms with Crippen LogP contribution < -0.4 is 5.32 Å². The molecular weight excluding hydrogens is 138 g/mol. The van der Waals surface area contributed by atoms with Gasteiger partial charge in [0.05, 0.1) is 0 Å². The van der Waals surface area contributed by atoms with Crippen LogP contribution in [0.2, 0.25) is 0 Å². The number of rotatable bonds is 3. The Hall–Kier alpha value is -0.790. The van der Waals surface area contributed by atoms with Gasteiger partial charge in [0, 0.05) is 12.5 Å². The van der Waals surface area contributed by atoms with E-state index in [2.05, 4.69) is 11.9 Å². The van der Waals surface area contributed by atoms with Crippen LogP contribution in [-0.2, 0) is 4.79 Å². The number of carbonyl (C=O) groups is 1. The summed E-state index contributed by atoms with van der Waals surface area (Å²) in [5, 5.41) is 2.82. The van der Waals surface area contributed by atoms with Crippen LogP contribution in [0.5, 0.6) is 0 Å². The van der Waals surface area contributed by atoms with Crippen molar-refractivity contribution in [1.82, 2.24) is 5.32 Å². The Morgan fingerprint density at radius 1 is 1.82 bits per heavy atom. The molecule has 0 aromatic carbocycles. The Labute approximate surface area is 67.7 Å². The van der Waals surface area contributed by atoms with E-state index >= 15 is 0 Å². The molecule has 0 aromatic heterocycles. The van der Waals surface area contributed by atoms with Crippen LogP contribution in [0, 0.1) is 5.92 Å². The largest absolute Gasteiger partial charge is 0.356 e. The molecule has 1 amide bonds. The highest BCUT2D eigenvalue weighted by molar-refractivity contribution is 5.80. The van der Waals surface area contributed by atoms with Crippen LogP contribution in [0.3, 0.4) is 0 Å². The molecule has 2 nitrogen and oxygen atoms in total. The van der Waals surface area contributed by atoms with Gasteiger partial charge in [0.15, 0.2) is 0 Å². The van der Waals surface area contributed by atoms with Crippen molar-refractivity contribution in [3.05, 3.63) is 12.2 Å². The Morgan fingerprint density at radius 3 is 3.00 bits per heavy atom. The number of carbonyl (C=O) groups excluding carboxylic acids is 1. The molecule has 0 radical (unpaired) electrons. The lowest BCUT2D eigenvalue weighted by molar-refractivity contribution is -0.122. The van der Waals surface area contributed by atoms with Gasteiger partial charge in [0.25, 0.3) is 0 Å². The van der Waals surface area contributed by atoms with E-state index in [1.165, 1.54) is 5.57 Å². The van der Waals surface area contributed by atoms with Crippen molar-refractivity contribution in [3.63, 3.8) is 0 Å². The molecule has 1 rings (SSSR count). The zero-order valence-electron chi connectivity index (χ0n) is 7.02. The normalized spacial score (nSPS) is 23.4. The number of nitrogens with one attached hydrogen (secondary N) is 1. The van der Waals surface area contributed by atoms with E-state index in [1.807, 2.05) is 6.92 Å².